The minimum atomic E-state index is -4.27. The summed E-state index contributed by atoms with van der Waals surface area (Å²) in [5.41, 5.74) is 2.55. The first kappa shape index (κ1) is 20.0. The summed E-state index contributed by atoms with van der Waals surface area (Å²) in [5.74, 6) is 0. The fourth-order valence-corrected chi connectivity index (χ4v) is 3.76. The van der Waals surface area contributed by atoms with Gasteiger partial charge in [-0.05, 0) is 24.1 Å². The smallest absolute Gasteiger partial charge is 0.294 e. The fraction of sp³-hybridized carbons (Fsp3) is 0.400. The first-order valence-corrected chi connectivity index (χ1v) is 10.3. The van der Waals surface area contributed by atoms with Crippen LogP contribution in [-0.2, 0) is 37.4 Å². The third kappa shape index (κ3) is 5.85. The second-order valence-electron chi connectivity index (χ2n) is 6.70. The van der Waals surface area contributed by atoms with Gasteiger partial charge < -0.3 is 14.2 Å². The molecule has 1 saturated heterocycles. The van der Waals surface area contributed by atoms with Crippen LogP contribution in [-0.4, -0.2) is 45.0 Å². The number of ether oxygens (including phenoxy) is 3. The Morgan fingerprint density at radius 1 is 1.07 bits per heavy atom. The lowest BCUT2D eigenvalue weighted by Crippen LogP contribution is -2.39. The predicted molar refractivity (Wildman–Crippen MR) is 100 cm³/mol. The van der Waals surface area contributed by atoms with Gasteiger partial charge in [0.2, 0.25) is 0 Å². The molecular formula is C20H24O6S. The Morgan fingerprint density at radius 2 is 1.78 bits per heavy atom. The highest BCUT2D eigenvalue weighted by Gasteiger charge is 2.25. The van der Waals surface area contributed by atoms with E-state index in [2.05, 4.69) is 0 Å². The van der Waals surface area contributed by atoms with Crippen molar-refractivity contribution >= 4 is 10.1 Å². The van der Waals surface area contributed by atoms with Crippen LogP contribution < -0.4 is 0 Å². The number of rotatable bonds is 7. The third-order valence-electron chi connectivity index (χ3n) is 4.39. The number of hydrogen-bond acceptors (Lipinski definition) is 5. The van der Waals surface area contributed by atoms with Gasteiger partial charge >= 0.3 is 0 Å². The molecule has 0 amide bonds. The lowest BCUT2D eigenvalue weighted by molar-refractivity contribution is -0.152. The molecule has 0 aromatic heterocycles. The van der Waals surface area contributed by atoms with Crippen LogP contribution in [0.15, 0.2) is 53.4 Å². The molecule has 0 radical (unpaired) electrons. The molecule has 0 saturated carbocycles. The van der Waals surface area contributed by atoms with E-state index in [-0.39, 0.29) is 17.1 Å². The first-order chi connectivity index (χ1) is 12.9. The zero-order chi connectivity index (χ0) is 19.3. The first-order valence-electron chi connectivity index (χ1n) is 8.83. The molecule has 1 N–H and O–H groups in total. The second kappa shape index (κ2) is 8.95. The van der Waals surface area contributed by atoms with Gasteiger partial charge in [-0.2, -0.15) is 8.42 Å². The van der Waals surface area contributed by atoms with Crippen LogP contribution in [0.5, 0.6) is 0 Å². The highest BCUT2D eigenvalue weighted by Crippen LogP contribution is 2.21. The molecule has 0 spiro atoms. The lowest BCUT2D eigenvalue weighted by atomic mass is 10.1. The lowest BCUT2D eigenvalue weighted by Gasteiger charge is -2.30. The molecule has 146 valence electrons. The van der Waals surface area contributed by atoms with Gasteiger partial charge in [-0.15, -0.1) is 0 Å². The van der Waals surface area contributed by atoms with Crippen LogP contribution in [0.3, 0.4) is 0 Å². The Morgan fingerprint density at radius 3 is 2.44 bits per heavy atom. The molecule has 6 nitrogen and oxygen atoms in total. The zero-order valence-electron chi connectivity index (χ0n) is 15.2. The molecule has 1 fully saturated rings. The van der Waals surface area contributed by atoms with Crippen LogP contribution in [0.1, 0.15) is 16.7 Å². The molecule has 0 aliphatic carbocycles. The van der Waals surface area contributed by atoms with Crippen LogP contribution in [0.4, 0.5) is 0 Å². The minimum absolute atomic E-state index is 0.0787. The van der Waals surface area contributed by atoms with Crippen molar-refractivity contribution in [1.29, 1.82) is 0 Å². The average Bonchev–Trinajstić information content (AvgIpc) is 2.63. The summed E-state index contributed by atoms with van der Waals surface area (Å²) in [6, 6.07) is 14.7. The van der Waals surface area contributed by atoms with E-state index in [1.807, 2.05) is 37.3 Å². The van der Waals surface area contributed by atoms with Crippen LogP contribution >= 0.6 is 0 Å². The molecule has 0 bridgehead atoms. The maximum Gasteiger partial charge on any atom is 0.294 e. The molecule has 3 rings (SSSR count). The molecule has 27 heavy (non-hydrogen) atoms. The molecular weight excluding hydrogens is 368 g/mol. The van der Waals surface area contributed by atoms with Crippen molar-refractivity contribution < 1.29 is 27.2 Å². The van der Waals surface area contributed by atoms with Crippen LogP contribution in [0.2, 0.25) is 0 Å². The van der Waals surface area contributed by atoms with Crippen molar-refractivity contribution in [3.63, 3.8) is 0 Å². The van der Waals surface area contributed by atoms with Gasteiger partial charge in [-0.1, -0.05) is 48.0 Å². The molecule has 1 aliphatic rings. The van der Waals surface area contributed by atoms with Crippen molar-refractivity contribution in [2.24, 2.45) is 0 Å². The standard InChI is InChI=1S/C20H24O6S/c1-15-7-8-20(27(21,22)23)17(9-15)10-18-13-26-19(14-25-18)12-24-11-16-5-3-2-4-6-16/h2-9,18-19H,10-14H2,1H3,(H,21,22,23)/t18-,19+/m0/s1. The number of aryl methyl sites for hydroxylation is 1. The minimum Gasteiger partial charge on any atom is -0.374 e. The molecule has 1 heterocycles. The Labute approximate surface area is 159 Å². The Balaban J connectivity index is 1.49. The summed E-state index contributed by atoms with van der Waals surface area (Å²) < 4.78 is 49.8. The summed E-state index contributed by atoms with van der Waals surface area (Å²) in [4.78, 5) is -0.0787. The van der Waals surface area contributed by atoms with E-state index in [4.69, 9.17) is 14.2 Å². The third-order valence-corrected chi connectivity index (χ3v) is 5.35. The van der Waals surface area contributed by atoms with E-state index in [9.17, 15) is 13.0 Å². The molecule has 2 atom stereocenters. The number of benzene rings is 2. The van der Waals surface area contributed by atoms with Gasteiger partial charge in [0.1, 0.15) is 6.10 Å². The van der Waals surface area contributed by atoms with E-state index in [0.717, 1.165) is 11.1 Å². The Kier molecular flexibility index (Phi) is 6.62. The second-order valence-corrected chi connectivity index (χ2v) is 8.09. The van der Waals surface area contributed by atoms with Gasteiger partial charge in [0, 0.05) is 6.42 Å². The van der Waals surface area contributed by atoms with Gasteiger partial charge in [-0.3, -0.25) is 4.55 Å². The van der Waals surface area contributed by atoms with E-state index in [1.165, 1.54) is 6.07 Å². The SMILES string of the molecule is Cc1ccc(S(=O)(=O)O)c(C[C@H]2CO[C@H](COCc3ccccc3)CO2)c1. The molecule has 2 aromatic rings. The molecule has 2 aromatic carbocycles. The predicted octanol–water partition coefficient (Wildman–Crippen LogP) is 2.79. The Bertz CT molecular complexity index is 842. The van der Waals surface area contributed by atoms with Gasteiger partial charge in [0.25, 0.3) is 10.1 Å². The van der Waals surface area contributed by atoms with Crippen molar-refractivity contribution in [2.75, 3.05) is 19.8 Å². The maximum absolute atomic E-state index is 11.6. The summed E-state index contributed by atoms with van der Waals surface area (Å²) in [7, 11) is -4.27. The highest BCUT2D eigenvalue weighted by atomic mass is 32.2. The average molecular weight is 392 g/mol. The van der Waals surface area contributed by atoms with Gasteiger partial charge in [0.05, 0.1) is 37.4 Å². The van der Waals surface area contributed by atoms with Crippen molar-refractivity contribution in [3.05, 3.63) is 65.2 Å². The molecule has 7 heteroatoms. The van der Waals surface area contributed by atoms with Crippen LogP contribution in [0, 0.1) is 6.92 Å². The zero-order valence-corrected chi connectivity index (χ0v) is 16.0. The van der Waals surface area contributed by atoms with E-state index in [1.54, 1.807) is 12.1 Å². The van der Waals surface area contributed by atoms with E-state index in [0.29, 0.717) is 38.4 Å². The fourth-order valence-electron chi connectivity index (χ4n) is 3.04. The maximum atomic E-state index is 11.6. The number of hydrogen-bond donors (Lipinski definition) is 1. The summed E-state index contributed by atoms with van der Waals surface area (Å²) in [5, 5.41) is 0. The molecule has 1 aliphatic heterocycles. The van der Waals surface area contributed by atoms with Crippen molar-refractivity contribution in [1.82, 2.24) is 0 Å². The monoisotopic (exact) mass is 392 g/mol. The largest absolute Gasteiger partial charge is 0.374 e. The van der Waals surface area contributed by atoms with Gasteiger partial charge in [0.15, 0.2) is 0 Å². The van der Waals surface area contributed by atoms with E-state index >= 15 is 0 Å². The van der Waals surface area contributed by atoms with Crippen molar-refractivity contribution in [3.8, 4) is 0 Å². The summed E-state index contributed by atoms with van der Waals surface area (Å²) in [6.45, 7) is 3.55. The summed E-state index contributed by atoms with van der Waals surface area (Å²) in [6.07, 6.45) is -0.0600. The molecule has 0 unspecified atom stereocenters. The normalized spacial score (nSPS) is 20.5. The quantitative estimate of drug-likeness (QED) is 0.730. The topological polar surface area (TPSA) is 82.1 Å². The van der Waals surface area contributed by atoms with Crippen LogP contribution in [0.25, 0.3) is 0 Å². The Hall–Kier alpha value is -1.77. The van der Waals surface area contributed by atoms with Gasteiger partial charge in [-0.25, -0.2) is 0 Å². The van der Waals surface area contributed by atoms with Crippen molar-refractivity contribution in [2.45, 2.75) is 37.1 Å². The highest BCUT2D eigenvalue weighted by molar-refractivity contribution is 7.85. The van der Waals surface area contributed by atoms with E-state index < -0.39 is 10.1 Å². The summed E-state index contributed by atoms with van der Waals surface area (Å²) >= 11 is 0.